The molecule has 0 saturated carbocycles. The highest BCUT2D eigenvalue weighted by molar-refractivity contribution is 7.99. The number of benzene rings is 2. The number of thioether (sulfide) groups is 1. The fraction of sp³-hybridized carbons (Fsp3) is 0.282. The average Bonchev–Trinajstić information content (AvgIpc) is 3.87. The summed E-state index contributed by atoms with van der Waals surface area (Å²) in [5, 5.41) is 5.05. The van der Waals surface area contributed by atoms with Gasteiger partial charge >= 0.3 is 0 Å². The minimum absolute atomic E-state index is 0.0726. The summed E-state index contributed by atoms with van der Waals surface area (Å²) in [4.78, 5) is 81.5. The monoisotopic (exact) mass is 743 g/mol. The van der Waals surface area contributed by atoms with Gasteiger partial charge in [0.15, 0.2) is 0 Å². The van der Waals surface area contributed by atoms with Gasteiger partial charge < -0.3 is 11.1 Å². The molecule has 6 heterocycles. The van der Waals surface area contributed by atoms with Gasteiger partial charge in [-0.1, -0.05) is 24.3 Å². The Bertz CT molecular complexity index is 2300. The zero-order chi connectivity index (χ0) is 37.3. The third-order valence-corrected chi connectivity index (χ3v) is 11.3. The Hall–Kier alpha value is -5.93. The van der Waals surface area contributed by atoms with Crippen LogP contribution in [0.2, 0.25) is 0 Å². The number of hydrogen-bond acceptors (Lipinski definition) is 11. The predicted molar refractivity (Wildman–Crippen MR) is 202 cm³/mol. The first-order chi connectivity index (χ1) is 26.3. The number of nitrogens with zero attached hydrogens (tertiary/aromatic N) is 6. The number of rotatable bonds is 11. The van der Waals surface area contributed by atoms with Crippen molar-refractivity contribution in [1.82, 2.24) is 34.5 Å². The smallest absolute Gasteiger partial charge is 0.263 e. The maximum atomic E-state index is 13.5. The van der Waals surface area contributed by atoms with Gasteiger partial charge in [0.25, 0.3) is 17.7 Å². The van der Waals surface area contributed by atoms with Crippen LogP contribution in [0.15, 0.2) is 84.1 Å². The molecule has 0 spiro atoms. The van der Waals surface area contributed by atoms with Crippen molar-refractivity contribution in [1.29, 1.82) is 0 Å². The number of pyridine rings is 1. The van der Waals surface area contributed by atoms with E-state index in [9.17, 15) is 24.0 Å². The number of nitrogens with one attached hydrogen (secondary N) is 2. The third-order valence-electron chi connectivity index (χ3n) is 10.1. The first-order valence-electron chi connectivity index (χ1n) is 17.9. The van der Waals surface area contributed by atoms with Crippen LogP contribution in [0.25, 0.3) is 16.8 Å². The van der Waals surface area contributed by atoms with E-state index in [1.54, 1.807) is 48.8 Å². The predicted octanol–water partition coefficient (Wildman–Crippen LogP) is 4.74. The topological polar surface area (TPSA) is 185 Å². The number of carbonyl (C=O) groups excluding carboxylic acids is 5. The molecular formula is C39H37N9O5S. The van der Waals surface area contributed by atoms with Gasteiger partial charge in [0.05, 0.1) is 17.2 Å². The Balaban J connectivity index is 0.922. The van der Waals surface area contributed by atoms with E-state index in [1.807, 2.05) is 34.9 Å². The van der Waals surface area contributed by atoms with Gasteiger partial charge in [-0.15, -0.1) is 11.8 Å². The van der Waals surface area contributed by atoms with Crippen molar-refractivity contribution >= 4 is 58.5 Å². The Kier molecular flexibility index (Phi) is 9.65. The van der Waals surface area contributed by atoms with E-state index in [1.165, 1.54) is 11.8 Å². The molecule has 15 heteroatoms. The standard InChI is InChI=1S/C39H37N9O5S/c40-34-33-32(23-11-13-24(14-12-23)36(50)43-29-10-1-2-17-41-29)45-35(47(33)21-18-42-34)26-8-6-20-46(26)19-3-4-22-54-28-9-5-7-25-31(28)39(53)48(38(25)52)27-15-16-30(49)44-37(27)51/h1-2,5,7,9-14,17-18,21,26-27H,3-4,6,8,15-16,19-20,22H2,(H2,40,42)(H,41,43,50)(H,44,49,51)/t26-,27?/m0/s1. The first-order valence-corrected chi connectivity index (χ1v) is 18.9. The molecule has 274 valence electrons. The van der Waals surface area contributed by atoms with E-state index in [2.05, 4.69) is 25.5 Å². The summed E-state index contributed by atoms with van der Waals surface area (Å²) in [5.41, 5.74) is 9.80. The molecule has 3 aliphatic rings. The Morgan fingerprint density at radius 1 is 0.926 bits per heavy atom. The van der Waals surface area contributed by atoms with Crippen LogP contribution in [-0.4, -0.2) is 83.6 Å². The summed E-state index contributed by atoms with van der Waals surface area (Å²) >= 11 is 1.53. The van der Waals surface area contributed by atoms with Crippen molar-refractivity contribution in [2.24, 2.45) is 0 Å². The van der Waals surface area contributed by atoms with E-state index < -0.39 is 29.7 Å². The lowest BCUT2D eigenvalue weighted by Gasteiger charge is -2.27. The number of aromatic nitrogens is 4. The van der Waals surface area contributed by atoms with Crippen LogP contribution in [0.1, 0.15) is 81.5 Å². The maximum absolute atomic E-state index is 13.5. The minimum atomic E-state index is -0.991. The summed E-state index contributed by atoms with van der Waals surface area (Å²) in [6.07, 6.45) is 9.16. The lowest BCUT2D eigenvalue weighted by molar-refractivity contribution is -0.136. The number of anilines is 2. The molecule has 2 aromatic carbocycles. The van der Waals surface area contributed by atoms with E-state index in [4.69, 9.17) is 10.7 Å². The van der Waals surface area contributed by atoms with Crippen LogP contribution >= 0.6 is 11.8 Å². The zero-order valence-corrected chi connectivity index (χ0v) is 30.1. The fourth-order valence-corrected chi connectivity index (χ4v) is 8.60. The zero-order valence-electron chi connectivity index (χ0n) is 29.2. The number of amides is 5. The fourth-order valence-electron chi connectivity index (χ4n) is 7.52. The minimum Gasteiger partial charge on any atom is -0.382 e. The molecule has 3 aliphatic heterocycles. The summed E-state index contributed by atoms with van der Waals surface area (Å²) < 4.78 is 2.03. The van der Waals surface area contributed by atoms with E-state index >= 15 is 0 Å². The highest BCUT2D eigenvalue weighted by Crippen LogP contribution is 2.38. The van der Waals surface area contributed by atoms with Gasteiger partial charge in [0.2, 0.25) is 11.8 Å². The average molecular weight is 744 g/mol. The lowest BCUT2D eigenvalue weighted by Crippen LogP contribution is -2.54. The molecule has 2 fully saturated rings. The van der Waals surface area contributed by atoms with Gasteiger partial charge in [-0.05, 0) is 87.3 Å². The lowest BCUT2D eigenvalue weighted by atomic mass is 10.0. The number of imidazole rings is 1. The molecule has 2 saturated heterocycles. The third kappa shape index (κ3) is 6.60. The molecule has 0 aliphatic carbocycles. The quantitative estimate of drug-likeness (QED) is 0.0965. The van der Waals surface area contributed by atoms with E-state index in [0.717, 1.165) is 66.3 Å². The van der Waals surface area contributed by atoms with E-state index in [0.29, 0.717) is 38.9 Å². The largest absolute Gasteiger partial charge is 0.382 e. The molecular weight excluding hydrogens is 707 g/mol. The van der Waals surface area contributed by atoms with Crippen molar-refractivity contribution in [3.63, 3.8) is 0 Å². The van der Waals surface area contributed by atoms with Gasteiger partial charge in [0.1, 0.15) is 34.7 Å². The second-order valence-corrected chi connectivity index (χ2v) is 14.6. The number of nitrogen functional groups attached to an aromatic ring is 1. The SMILES string of the molecule is Nc1nccn2c([C@@H]3CCCN3CCCCSc3cccc4c3C(=O)N(C3CCC(=O)NC3=O)C4=O)nc(-c3ccc(C(=O)Nc4ccccn4)cc3)c12. The van der Waals surface area contributed by atoms with Crippen LogP contribution in [0.3, 0.4) is 0 Å². The Morgan fingerprint density at radius 3 is 2.57 bits per heavy atom. The first kappa shape index (κ1) is 35.1. The van der Waals surface area contributed by atoms with Crippen LogP contribution in [0.4, 0.5) is 11.6 Å². The normalized spacial score (nSPS) is 18.7. The van der Waals surface area contributed by atoms with Crippen molar-refractivity contribution < 1.29 is 24.0 Å². The van der Waals surface area contributed by atoms with Crippen LogP contribution in [-0.2, 0) is 9.59 Å². The van der Waals surface area contributed by atoms with Gasteiger partial charge in [-0.2, -0.15) is 0 Å². The molecule has 2 atom stereocenters. The maximum Gasteiger partial charge on any atom is 0.263 e. The van der Waals surface area contributed by atoms with Crippen molar-refractivity contribution in [2.45, 2.75) is 55.5 Å². The molecule has 5 aromatic rings. The van der Waals surface area contributed by atoms with Crippen molar-refractivity contribution in [3.8, 4) is 11.3 Å². The highest BCUT2D eigenvalue weighted by atomic mass is 32.2. The number of likely N-dealkylation sites (tertiary alicyclic amines) is 1. The van der Waals surface area contributed by atoms with Gasteiger partial charge in [0, 0.05) is 41.0 Å². The summed E-state index contributed by atoms with van der Waals surface area (Å²) in [6.45, 7) is 1.78. The van der Waals surface area contributed by atoms with Crippen molar-refractivity contribution in [2.75, 3.05) is 29.9 Å². The van der Waals surface area contributed by atoms with Crippen molar-refractivity contribution in [3.05, 3.63) is 102 Å². The number of nitrogens with two attached hydrogens (primary N) is 1. The highest BCUT2D eigenvalue weighted by Gasteiger charge is 2.45. The van der Waals surface area contributed by atoms with E-state index in [-0.39, 0.29) is 24.8 Å². The number of piperidine rings is 1. The van der Waals surface area contributed by atoms with Crippen LogP contribution in [0.5, 0.6) is 0 Å². The van der Waals surface area contributed by atoms with Gasteiger partial charge in [-0.25, -0.2) is 15.0 Å². The molecule has 0 radical (unpaired) electrons. The second kappa shape index (κ2) is 14.8. The molecule has 0 bridgehead atoms. The van der Waals surface area contributed by atoms with Crippen LogP contribution in [0, 0.1) is 0 Å². The molecule has 5 amide bonds. The molecule has 1 unspecified atom stereocenters. The second-order valence-electron chi connectivity index (χ2n) is 13.5. The number of unbranched alkanes of at least 4 members (excludes halogenated alkanes) is 1. The van der Waals surface area contributed by atoms with Crippen LogP contribution < -0.4 is 16.4 Å². The molecule has 54 heavy (non-hydrogen) atoms. The Morgan fingerprint density at radius 2 is 1.78 bits per heavy atom. The van der Waals surface area contributed by atoms with Gasteiger partial charge in [-0.3, -0.25) is 43.5 Å². The molecule has 4 N–H and O–H groups in total. The molecule has 14 nitrogen and oxygen atoms in total. The summed E-state index contributed by atoms with van der Waals surface area (Å²) in [6, 6.07) is 16.9. The summed E-state index contributed by atoms with van der Waals surface area (Å²) in [7, 11) is 0. The molecule has 3 aromatic heterocycles. The molecule has 8 rings (SSSR count). The number of fused-ring (bicyclic) bond motifs is 2. The Labute approximate surface area is 314 Å². The number of imide groups is 2. The number of carbonyl (C=O) groups is 5. The number of hydrogen-bond donors (Lipinski definition) is 3. The summed E-state index contributed by atoms with van der Waals surface area (Å²) in [5.74, 6) is 0.210.